The fourth-order valence-corrected chi connectivity index (χ4v) is 3.41. The summed E-state index contributed by atoms with van der Waals surface area (Å²) in [4.78, 5) is 15.8. The third kappa shape index (κ3) is 3.68. The van der Waals surface area contributed by atoms with Crippen molar-refractivity contribution in [3.05, 3.63) is 48.3 Å². The van der Waals surface area contributed by atoms with Crippen molar-refractivity contribution in [3.8, 4) is 11.1 Å². The minimum atomic E-state index is -0.0379. The van der Waals surface area contributed by atoms with E-state index in [1.54, 1.807) is 13.3 Å². The van der Waals surface area contributed by atoms with Gasteiger partial charge in [-0.1, -0.05) is 30.3 Å². The van der Waals surface area contributed by atoms with Crippen LogP contribution in [0.15, 0.2) is 42.7 Å². The molecule has 1 aromatic carbocycles. The summed E-state index contributed by atoms with van der Waals surface area (Å²) in [7, 11) is 1.73. The van der Waals surface area contributed by atoms with Gasteiger partial charge in [0.15, 0.2) is 0 Å². The van der Waals surface area contributed by atoms with Crippen molar-refractivity contribution in [2.75, 3.05) is 33.4 Å². The van der Waals surface area contributed by atoms with Crippen LogP contribution >= 0.6 is 0 Å². The Morgan fingerprint density at radius 2 is 1.96 bits per heavy atom. The first kappa shape index (κ1) is 16.7. The molecule has 0 saturated carbocycles. The van der Waals surface area contributed by atoms with Crippen molar-refractivity contribution in [3.63, 3.8) is 0 Å². The molecule has 0 spiro atoms. The maximum atomic E-state index is 12.7. The number of carbonyl (C=O) groups is 1. The van der Waals surface area contributed by atoms with Gasteiger partial charge in [-0.25, -0.2) is 0 Å². The van der Waals surface area contributed by atoms with E-state index in [9.17, 15) is 4.79 Å². The number of nitrogens with one attached hydrogen (secondary N) is 3. The van der Waals surface area contributed by atoms with Crippen LogP contribution in [0.5, 0.6) is 0 Å². The molecule has 128 valence electrons. The summed E-state index contributed by atoms with van der Waals surface area (Å²) in [5.41, 5.74) is 2.68. The molecule has 5 heteroatoms. The molecule has 1 saturated heterocycles. The number of aromatic nitrogens is 1. The van der Waals surface area contributed by atoms with E-state index in [1.807, 2.05) is 36.5 Å². The highest BCUT2D eigenvalue weighted by atomic mass is 16.5. The van der Waals surface area contributed by atoms with Crippen LogP contribution in [0.4, 0.5) is 0 Å². The van der Waals surface area contributed by atoms with E-state index in [4.69, 9.17) is 4.74 Å². The normalized spacial score (nSPS) is 16.7. The summed E-state index contributed by atoms with van der Waals surface area (Å²) in [6, 6.07) is 9.96. The van der Waals surface area contributed by atoms with Gasteiger partial charge < -0.3 is 20.4 Å². The average Bonchev–Trinajstić information content (AvgIpc) is 3.11. The van der Waals surface area contributed by atoms with Gasteiger partial charge in [0.2, 0.25) is 0 Å². The van der Waals surface area contributed by atoms with E-state index in [1.165, 1.54) is 0 Å². The lowest BCUT2D eigenvalue weighted by Gasteiger charge is -2.37. The van der Waals surface area contributed by atoms with Gasteiger partial charge >= 0.3 is 0 Å². The second kappa shape index (κ2) is 7.64. The number of aromatic amines is 1. The van der Waals surface area contributed by atoms with Gasteiger partial charge in [-0.05, 0) is 31.5 Å². The Hall–Kier alpha value is -2.11. The molecule has 3 rings (SSSR count). The van der Waals surface area contributed by atoms with Crippen LogP contribution in [0.3, 0.4) is 0 Å². The first-order chi connectivity index (χ1) is 11.7. The maximum absolute atomic E-state index is 12.7. The van der Waals surface area contributed by atoms with Crippen LogP contribution in [0, 0.1) is 5.41 Å². The first-order valence-electron chi connectivity index (χ1n) is 8.44. The Morgan fingerprint density at radius 3 is 2.67 bits per heavy atom. The minimum absolute atomic E-state index is 0.0267. The zero-order valence-electron chi connectivity index (χ0n) is 14.1. The van der Waals surface area contributed by atoms with E-state index in [-0.39, 0.29) is 11.3 Å². The van der Waals surface area contributed by atoms with Gasteiger partial charge in [0.1, 0.15) is 0 Å². The summed E-state index contributed by atoms with van der Waals surface area (Å²) in [5, 5.41) is 6.49. The SMILES string of the molecule is COCC1(CNC(=O)c2c[nH]cc2-c2ccccc2)CCNCC1. The molecule has 2 heterocycles. The number of ether oxygens (including phenoxy) is 1. The quantitative estimate of drug-likeness (QED) is 0.763. The smallest absolute Gasteiger partial charge is 0.253 e. The fourth-order valence-electron chi connectivity index (χ4n) is 3.41. The van der Waals surface area contributed by atoms with Crippen molar-refractivity contribution in [2.45, 2.75) is 12.8 Å². The summed E-state index contributed by atoms with van der Waals surface area (Å²) in [6.45, 7) is 3.26. The van der Waals surface area contributed by atoms with Crippen molar-refractivity contribution < 1.29 is 9.53 Å². The second-order valence-corrected chi connectivity index (χ2v) is 6.51. The van der Waals surface area contributed by atoms with Crippen molar-refractivity contribution >= 4 is 5.91 Å². The second-order valence-electron chi connectivity index (χ2n) is 6.51. The molecule has 1 aliphatic rings. The summed E-state index contributed by atoms with van der Waals surface area (Å²) < 4.78 is 5.42. The lowest BCUT2D eigenvalue weighted by Crippen LogP contribution is -2.47. The largest absolute Gasteiger partial charge is 0.384 e. The highest BCUT2D eigenvalue weighted by Crippen LogP contribution is 2.29. The zero-order valence-corrected chi connectivity index (χ0v) is 14.1. The highest BCUT2D eigenvalue weighted by molar-refractivity contribution is 6.00. The molecule has 24 heavy (non-hydrogen) atoms. The molecule has 1 aliphatic heterocycles. The molecule has 2 aromatic rings. The third-order valence-corrected chi connectivity index (χ3v) is 4.81. The number of hydrogen-bond acceptors (Lipinski definition) is 3. The number of rotatable bonds is 6. The Labute approximate surface area is 142 Å². The molecule has 1 fully saturated rings. The van der Waals surface area contributed by atoms with Gasteiger partial charge in [0.25, 0.3) is 5.91 Å². The van der Waals surface area contributed by atoms with Crippen molar-refractivity contribution in [1.29, 1.82) is 0 Å². The standard InChI is InChI=1S/C19H25N3O2/c1-24-14-19(7-9-20-10-8-19)13-22-18(23)17-12-21-11-16(17)15-5-3-2-4-6-15/h2-6,11-12,20-21H,7-10,13-14H2,1H3,(H,22,23). The summed E-state index contributed by atoms with van der Waals surface area (Å²) in [6.07, 6.45) is 5.67. The molecular formula is C19H25N3O2. The Bertz CT molecular complexity index is 655. The predicted octanol–water partition coefficient (Wildman–Crippen LogP) is 2.43. The maximum Gasteiger partial charge on any atom is 0.253 e. The molecule has 1 aromatic heterocycles. The number of benzene rings is 1. The summed E-state index contributed by atoms with van der Waals surface area (Å²) >= 11 is 0. The molecule has 0 atom stereocenters. The number of H-pyrrole nitrogens is 1. The van der Waals surface area contributed by atoms with Gasteiger partial charge in [-0.2, -0.15) is 0 Å². The van der Waals surface area contributed by atoms with Crippen LogP contribution in [0.1, 0.15) is 23.2 Å². The average molecular weight is 327 g/mol. The Morgan fingerprint density at radius 1 is 1.21 bits per heavy atom. The minimum Gasteiger partial charge on any atom is -0.384 e. The first-order valence-corrected chi connectivity index (χ1v) is 8.44. The molecule has 0 radical (unpaired) electrons. The van der Waals surface area contributed by atoms with E-state index < -0.39 is 0 Å². The van der Waals surface area contributed by atoms with Crippen LogP contribution in [-0.4, -0.2) is 44.2 Å². The Kier molecular flexibility index (Phi) is 5.33. The van der Waals surface area contributed by atoms with Crippen molar-refractivity contribution in [1.82, 2.24) is 15.6 Å². The van der Waals surface area contributed by atoms with Crippen LogP contribution in [0.25, 0.3) is 11.1 Å². The molecular weight excluding hydrogens is 302 g/mol. The molecule has 5 nitrogen and oxygen atoms in total. The van der Waals surface area contributed by atoms with E-state index in [2.05, 4.69) is 15.6 Å². The zero-order chi connectivity index (χ0) is 16.8. The van der Waals surface area contributed by atoms with Crippen LogP contribution in [-0.2, 0) is 4.74 Å². The van der Waals surface area contributed by atoms with E-state index >= 15 is 0 Å². The number of amides is 1. The van der Waals surface area contributed by atoms with Crippen LogP contribution < -0.4 is 10.6 Å². The third-order valence-electron chi connectivity index (χ3n) is 4.81. The van der Waals surface area contributed by atoms with Crippen LogP contribution in [0.2, 0.25) is 0 Å². The van der Waals surface area contributed by atoms with E-state index in [0.717, 1.165) is 37.1 Å². The molecule has 0 bridgehead atoms. The Balaban J connectivity index is 1.70. The van der Waals surface area contributed by atoms with E-state index in [0.29, 0.717) is 18.7 Å². The molecule has 1 amide bonds. The van der Waals surface area contributed by atoms with Gasteiger partial charge in [-0.3, -0.25) is 4.79 Å². The highest BCUT2D eigenvalue weighted by Gasteiger charge is 2.32. The molecule has 0 unspecified atom stereocenters. The molecule has 0 aliphatic carbocycles. The predicted molar refractivity (Wildman–Crippen MR) is 95.0 cm³/mol. The molecule has 3 N–H and O–H groups in total. The van der Waals surface area contributed by atoms with Gasteiger partial charge in [0, 0.05) is 37.0 Å². The summed E-state index contributed by atoms with van der Waals surface area (Å²) in [5.74, 6) is -0.0379. The van der Waals surface area contributed by atoms with Gasteiger partial charge in [-0.15, -0.1) is 0 Å². The number of carbonyl (C=O) groups excluding carboxylic acids is 1. The topological polar surface area (TPSA) is 66.1 Å². The number of methoxy groups -OCH3 is 1. The monoisotopic (exact) mass is 327 g/mol. The van der Waals surface area contributed by atoms with Gasteiger partial charge in [0.05, 0.1) is 12.2 Å². The lowest BCUT2D eigenvalue weighted by molar-refractivity contribution is 0.0512. The number of hydrogen-bond donors (Lipinski definition) is 3. The fraction of sp³-hybridized carbons (Fsp3) is 0.421. The lowest BCUT2D eigenvalue weighted by atomic mass is 9.79. The van der Waals surface area contributed by atoms with Crippen molar-refractivity contribution in [2.24, 2.45) is 5.41 Å². The number of piperidine rings is 1.